The van der Waals surface area contributed by atoms with Crippen LogP contribution in [0.5, 0.6) is 5.75 Å². The molecule has 0 saturated heterocycles. The maximum Gasteiger partial charge on any atom is 0.432 e. The molecule has 1 unspecified atom stereocenters. The van der Waals surface area contributed by atoms with Crippen molar-refractivity contribution in [2.75, 3.05) is 0 Å². The van der Waals surface area contributed by atoms with Gasteiger partial charge < -0.3 is 9.84 Å². The summed E-state index contributed by atoms with van der Waals surface area (Å²) < 4.78 is 46.8. The molecule has 8 heteroatoms. The summed E-state index contributed by atoms with van der Waals surface area (Å²) in [6.07, 6.45) is -4.31. The first kappa shape index (κ1) is 20.6. The standard InChI is InChI=1S/C20H15Cl2F3O3/c1-2-19(20(23,24)25)14(18(26)27)10-13-15(28-19)9-12(16(21)17(13)22)8-11-6-4-3-5-7-11/h3-7,9-10H,2,8H2,1H3,(H,26,27). The number of carbonyl (C=O) groups is 1. The van der Waals surface area contributed by atoms with Gasteiger partial charge in [-0.1, -0.05) is 60.5 Å². The Balaban J connectivity index is 2.18. The number of benzene rings is 2. The predicted molar refractivity (Wildman–Crippen MR) is 101 cm³/mol. The van der Waals surface area contributed by atoms with Crippen molar-refractivity contribution < 1.29 is 27.8 Å². The molecule has 1 aliphatic heterocycles. The molecule has 0 aromatic heterocycles. The average molecular weight is 431 g/mol. The topological polar surface area (TPSA) is 46.5 Å². The van der Waals surface area contributed by atoms with Crippen molar-refractivity contribution in [3.8, 4) is 5.75 Å². The molecule has 0 saturated carbocycles. The Hall–Kier alpha value is -2.18. The summed E-state index contributed by atoms with van der Waals surface area (Å²) in [5.74, 6) is -1.88. The summed E-state index contributed by atoms with van der Waals surface area (Å²) in [4.78, 5) is 11.6. The van der Waals surface area contributed by atoms with E-state index < -0.39 is 29.7 Å². The second-order valence-corrected chi connectivity index (χ2v) is 7.14. The third kappa shape index (κ3) is 3.35. The Morgan fingerprint density at radius 2 is 1.82 bits per heavy atom. The molecule has 1 atom stereocenters. The Bertz CT molecular complexity index is 955. The number of fused-ring (bicyclic) bond motifs is 1. The first-order valence-corrected chi connectivity index (χ1v) is 9.12. The Labute approximate surface area is 169 Å². The van der Waals surface area contributed by atoms with E-state index in [0.29, 0.717) is 12.0 Å². The van der Waals surface area contributed by atoms with E-state index in [9.17, 15) is 23.1 Å². The lowest BCUT2D eigenvalue weighted by Gasteiger charge is -2.39. The van der Waals surface area contributed by atoms with E-state index in [0.717, 1.165) is 11.6 Å². The van der Waals surface area contributed by atoms with Crippen molar-refractivity contribution in [2.24, 2.45) is 0 Å². The zero-order valence-corrected chi connectivity index (χ0v) is 16.1. The summed E-state index contributed by atoms with van der Waals surface area (Å²) in [5.41, 5.74) is -2.50. The van der Waals surface area contributed by atoms with Crippen LogP contribution in [-0.4, -0.2) is 22.9 Å². The third-order valence-corrected chi connectivity index (χ3v) is 5.63. The van der Waals surface area contributed by atoms with Crippen LogP contribution in [0.1, 0.15) is 30.0 Å². The lowest BCUT2D eigenvalue weighted by Crippen LogP contribution is -2.54. The van der Waals surface area contributed by atoms with Gasteiger partial charge in [0, 0.05) is 5.56 Å². The van der Waals surface area contributed by atoms with Gasteiger partial charge in [-0.25, -0.2) is 4.79 Å². The lowest BCUT2D eigenvalue weighted by molar-refractivity contribution is -0.236. The summed E-state index contributed by atoms with van der Waals surface area (Å²) in [6.45, 7) is 1.22. The zero-order valence-electron chi connectivity index (χ0n) is 14.6. The number of alkyl halides is 3. The minimum atomic E-state index is -4.94. The van der Waals surface area contributed by atoms with Crippen LogP contribution in [0.25, 0.3) is 6.08 Å². The Kier molecular flexibility index (Phi) is 5.38. The second kappa shape index (κ2) is 7.33. The second-order valence-electron chi connectivity index (χ2n) is 6.38. The molecule has 3 nitrogen and oxygen atoms in total. The van der Waals surface area contributed by atoms with Gasteiger partial charge in [-0.15, -0.1) is 0 Å². The number of ether oxygens (including phenoxy) is 1. The van der Waals surface area contributed by atoms with E-state index in [1.165, 1.54) is 13.0 Å². The molecule has 0 aliphatic carbocycles. The fraction of sp³-hybridized carbons (Fsp3) is 0.250. The normalized spacial score (nSPS) is 18.9. The number of rotatable bonds is 4. The van der Waals surface area contributed by atoms with E-state index in [2.05, 4.69) is 0 Å². The fourth-order valence-corrected chi connectivity index (χ4v) is 3.73. The summed E-state index contributed by atoms with van der Waals surface area (Å²) in [7, 11) is 0. The van der Waals surface area contributed by atoms with Crippen molar-refractivity contribution in [3.63, 3.8) is 0 Å². The molecule has 2 aromatic rings. The van der Waals surface area contributed by atoms with Crippen LogP contribution in [-0.2, 0) is 11.2 Å². The van der Waals surface area contributed by atoms with Crippen LogP contribution in [0.3, 0.4) is 0 Å². The highest BCUT2D eigenvalue weighted by molar-refractivity contribution is 6.43. The number of carboxylic acid groups (broad SMARTS) is 1. The molecular formula is C20H15Cl2F3O3. The van der Waals surface area contributed by atoms with E-state index in [-0.39, 0.29) is 21.4 Å². The molecule has 0 bridgehead atoms. The first-order chi connectivity index (χ1) is 13.1. The van der Waals surface area contributed by atoms with E-state index in [1.54, 1.807) is 0 Å². The van der Waals surface area contributed by atoms with Crippen molar-refractivity contribution in [2.45, 2.75) is 31.5 Å². The maximum atomic E-state index is 13.8. The monoisotopic (exact) mass is 430 g/mol. The molecule has 1 heterocycles. The van der Waals surface area contributed by atoms with Crippen LogP contribution in [0.15, 0.2) is 42.0 Å². The highest BCUT2D eigenvalue weighted by atomic mass is 35.5. The molecule has 28 heavy (non-hydrogen) atoms. The molecule has 0 radical (unpaired) electrons. The Morgan fingerprint density at radius 3 is 2.36 bits per heavy atom. The first-order valence-electron chi connectivity index (χ1n) is 8.36. The van der Waals surface area contributed by atoms with Crippen molar-refractivity contribution >= 4 is 35.2 Å². The maximum absolute atomic E-state index is 13.8. The van der Waals surface area contributed by atoms with Crippen LogP contribution < -0.4 is 4.74 Å². The predicted octanol–water partition coefficient (Wildman–Crippen LogP) is 6.16. The summed E-state index contributed by atoms with van der Waals surface area (Å²) in [6, 6.07) is 10.6. The number of hydrogen-bond acceptors (Lipinski definition) is 2. The van der Waals surface area contributed by atoms with Gasteiger partial charge in [0.1, 0.15) is 5.75 Å². The van der Waals surface area contributed by atoms with Gasteiger partial charge in [0.15, 0.2) is 0 Å². The molecule has 148 valence electrons. The molecule has 1 N–H and O–H groups in total. The highest BCUT2D eigenvalue weighted by Gasteiger charge is 2.62. The third-order valence-electron chi connectivity index (χ3n) is 4.71. The largest absolute Gasteiger partial charge is 0.478 e. The highest BCUT2D eigenvalue weighted by Crippen LogP contribution is 2.50. The molecule has 3 rings (SSSR count). The fourth-order valence-electron chi connectivity index (χ4n) is 3.24. The number of hydrogen-bond donors (Lipinski definition) is 1. The van der Waals surface area contributed by atoms with E-state index >= 15 is 0 Å². The molecule has 0 fully saturated rings. The minimum absolute atomic E-state index is 0.0224. The lowest BCUT2D eigenvalue weighted by atomic mass is 9.85. The van der Waals surface area contributed by atoms with Crippen LogP contribution in [0.2, 0.25) is 10.0 Å². The van der Waals surface area contributed by atoms with Crippen molar-refractivity contribution in [3.05, 3.63) is 68.7 Å². The summed E-state index contributed by atoms with van der Waals surface area (Å²) >= 11 is 12.6. The van der Waals surface area contributed by atoms with Gasteiger partial charge in [0.25, 0.3) is 0 Å². The van der Waals surface area contributed by atoms with Gasteiger partial charge in [0.05, 0.1) is 15.6 Å². The minimum Gasteiger partial charge on any atom is -0.478 e. The van der Waals surface area contributed by atoms with Gasteiger partial charge in [-0.2, -0.15) is 13.2 Å². The van der Waals surface area contributed by atoms with Crippen LogP contribution in [0.4, 0.5) is 13.2 Å². The molecule has 0 amide bonds. The Morgan fingerprint density at radius 1 is 1.18 bits per heavy atom. The van der Waals surface area contributed by atoms with Gasteiger partial charge >= 0.3 is 12.1 Å². The summed E-state index contributed by atoms with van der Waals surface area (Å²) in [5, 5.41) is 9.48. The molecule has 2 aromatic carbocycles. The molecule has 1 aliphatic rings. The molecule has 0 spiro atoms. The van der Waals surface area contributed by atoms with Crippen molar-refractivity contribution in [1.29, 1.82) is 0 Å². The smallest absolute Gasteiger partial charge is 0.432 e. The zero-order chi connectivity index (χ0) is 20.7. The quantitative estimate of drug-likeness (QED) is 0.631. The van der Waals surface area contributed by atoms with Gasteiger partial charge in [-0.05, 0) is 36.1 Å². The average Bonchev–Trinajstić information content (AvgIpc) is 2.64. The van der Waals surface area contributed by atoms with Gasteiger partial charge in [-0.3, -0.25) is 0 Å². The number of aliphatic carboxylic acids is 1. The van der Waals surface area contributed by atoms with Crippen LogP contribution in [0, 0.1) is 0 Å². The van der Waals surface area contributed by atoms with E-state index in [4.69, 9.17) is 27.9 Å². The van der Waals surface area contributed by atoms with E-state index in [1.807, 2.05) is 30.3 Å². The SMILES string of the molecule is CCC1(C(F)(F)F)Oc2cc(Cc3ccccc3)c(Cl)c(Cl)c2C=C1C(=O)O. The van der Waals surface area contributed by atoms with Crippen LogP contribution >= 0.6 is 23.2 Å². The number of halogens is 5. The number of carboxylic acids is 1. The van der Waals surface area contributed by atoms with Gasteiger partial charge in [0.2, 0.25) is 5.60 Å². The van der Waals surface area contributed by atoms with Crippen molar-refractivity contribution in [1.82, 2.24) is 0 Å². The molecular weight excluding hydrogens is 416 g/mol.